The zero-order valence-electron chi connectivity index (χ0n) is 12.9. The molecule has 1 aliphatic carbocycles. The summed E-state index contributed by atoms with van der Waals surface area (Å²) in [5.74, 6) is -0.288. The molecule has 0 unspecified atom stereocenters. The molecule has 0 saturated heterocycles. The number of hydrogen-bond acceptors (Lipinski definition) is 4. The average Bonchev–Trinajstić information content (AvgIpc) is 2.76. The van der Waals surface area contributed by atoms with E-state index in [2.05, 4.69) is 10.3 Å². The summed E-state index contributed by atoms with van der Waals surface area (Å²) in [6.45, 7) is -0.569. The molecule has 128 valence electrons. The summed E-state index contributed by atoms with van der Waals surface area (Å²) in [4.78, 5) is 16.0. The lowest BCUT2D eigenvalue weighted by Gasteiger charge is -2.26. The van der Waals surface area contributed by atoms with Crippen LogP contribution in [-0.2, 0) is 0 Å². The largest absolute Gasteiger partial charge is 0.488 e. The fourth-order valence-electron chi connectivity index (χ4n) is 2.68. The number of ether oxygens (including phenoxy) is 1. The monoisotopic (exact) mass is 328 g/mol. The van der Waals surface area contributed by atoms with Gasteiger partial charge in [0.1, 0.15) is 18.1 Å². The van der Waals surface area contributed by atoms with Crippen LogP contribution >= 0.6 is 0 Å². The summed E-state index contributed by atoms with van der Waals surface area (Å²) < 4.78 is 29.1. The van der Waals surface area contributed by atoms with E-state index in [1.807, 2.05) is 0 Å². The zero-order chi connectivity index (χ0) is 16.7. The Morgan fingerprint density at radius 1 is 1.35 bits per heavy atom. The molecule has 0 bridgehead atoms. The molecule has 23 heavy (non-hydrogen) atoms. The molecular weight excluding hydrogens is 306 g/mol. The first-order valence-electron chi connectivity index (χ1n) is 7.86. The van der Waals surface area contributed by atoms with Crippen molar-refractivity contribution in [2.75, 3.05) is 13.2 Å². The molecule has 1 saturated carbocycles. The second-order valence-corrected chi connectivity index (χ2v) is 5.90. The highest BCUT2D eigenvalue weighted by atomic mass is 19.3. The third kappa shape index (κ3) is 5.74. The van der Waals surface area contributed by atoms with Gasteiger partial charge in [0.2, 0.25) is 0 Å². The lowest BCUT2D eigenvalue weighted by Crippen LogP contribution is -2.42. The number of amides is 1. The minimum atomic E-state index is -2.58. The summed E-state index contributed by atoms with van der Waals surface area (Å²) in [6, 6.07) is 2.73. The number of hydrogen-bond donors (Lipinski definition) is 2. The van der Waals surface area contributed by atoms with Crippen LogP contribution in [0, 0.1) is 0 Å². The van der Waals surface area contributed by atoms with E-state index in [0.29, 0.717) is 12.8 Å². The van der Waals surface area contributed by atoms with E-state index in [9.17, 15) is 18.7 Å². The lowest BCUT2D eigenvalue weighted by atomic mass is 9.94. The molecule has 0 aliphatic heterocycles. The van der Waals surface area contributed by atoms with Gasteiger partial charge in [0, 0.05) is 18.8 Å². The predicted octanol–water partition coefficient (Wildman–Crippen LogP) is 2.54. The number of halogens is 2. The molecule has 7 heteroatoms. The molecule has 2 rings (SSSR count). The number of aliphatic hydroxyl groups is 1. The Balaban J connectivity index is 1.91. The summed E-state index contributed by atoms with van der Waals surface area (Å²) in [7, 11) is 0. The third-order valence-corrected chi connectivity index (χ3v) is 3.95. The Bertz CT molecular complexity index is 518. The second-order valence-electron chi connectivity index (χ2n) is 5.90. The molecule has 0 atom stereocenters. The van der Waals surface area contributed by atoms with Gasteiger partial charge in [-0.15, -0.1) is 0 Å². The maximum Gasteiger partial charge on any atom is 0.272 e. The van der Waals surface area contributed by atoms with Gasteiger partial charge in [-0.25, -0.2) is 8.78 Å². The molecule has 0 radical (unpaired) electrons. The van der Waals surface area contributed by atoms with Crippen LogP contribution in [0.1, 0.15) is 49.0 Å². The average molecular weight is 328 g/mol. The van der Waals surface area contributed by atoms with Gasteiger partial charge in [-0.3, -0.25) is 9.78 Å². The second kappa shape index (κ2) is 8.19. The maximum atomic E-state index is 12.1. The smallest absolute Gasteiger partial charge is 0.272 e. The quantitative estimate of drug-likeness (QED) is 0.787. The van der Waals surface area contributed by atoms with Crippen molar-refractivity contribution < 1.29 is 23.4 Å². The highest BCUT2D eigenvalue weighted by molar-refractivity contribution is 5.92. The van der Waals surface area contributed by atoms with Crippen molar-refractivity contribution in [2.45, 2.75) is 50.6 Å². The minimum Gasteiger partial charge on any atom is -0.488 e. The molecule has 1 fully saturated rings. The predicted molar refractivity (Wildman–Crippen MR) is 80.7 cm³/mol. The van der Waals surface area contributed by atoms with Crippen LogP contribution in [-0.4, -0.2) is 41.2 Å². The molecule has 1 aliphatic rings. The molecule has 2 N–H and O–H groups in total. The molecule has 5 nitrogen and oxygen atoms in total. The SMILES string of the molecule is O=C(NCC1(O)CCCCCC1)c1cc(OCC(F)F)ccn1. The fraction of sp³-hybridized carbons (Fsp3) is 0.625. The van der Waals surface area contributed by atoms with Gasteiger partial charge in [0.05, 0.1) is 5.60 Å². The van der Waals surface area contributed by atoms with Crippen LogP contribution < -0.4 is 10.1 Å². The Labute approximate surface area is 134 Å². The Morgan fingerprint density at radius 3 is 2.70 bits per heavy atom. The number of rotatable bonds is 6. The standard InChI is InChI=1S/C16H22F2N2O3/c17-14(18)10-23-12-5-8-19-13(9-12)15(21)20-11-16(22)6-3-1-2-4-7-16/h5,8-9,14,22H,1-4,6-7,10-11H2,(H,20,21). The Kier molecular flexibility index (Phi) is 6.27. The van der Waals surface area contributed by atoms with Crippen molar-refractivity contribution in [3.05, 3.63) is 24.0 Å². The van der Waals surface area contributed by atoms with Crippen LogP contribution in [0.4, 0.5) is 8.78 Å². The third-order valence-electron chi connectivity index (χ3n) is 3.95. The van der Waals surface area contributed by atoms with Gasteiger partial charge in [0.25, 0.3) is 12.3 Å². The molecule has 1 amide bonds. The van der Waals surface area contributed by atoms with Gasteiger partial charge in [-0.1, -0.05) is 25.7 Å². The number of carbonyl (C=O) groups is 1. The summed E-state index contributed by atoms with van der Waals surface area (Å²) in [5.41, 5.74) is -0.801. The van der Waals surface area contributed by atoms with E-state index < -0.39 is 24.5 Å². The maximum absolute atomic E-state index is 12.1. The van der Waals surface area contributed by atoms with Crippen LogP contribution in [0.15, 0.2) is 18.3 Å². The van der Waals surface area contributed by atoms with Crippen molar-refractivity contribution >= 4 is 5.91 Å². The van der Waals surface area contributed by atoms with Crippen molar-refractivity contribution in [1.82, 2.24) is 10.3 Å². The molecular formula is C16H22F2N2O3. The van der Waals surface area contributed by atoms with Gasteiger partial charge in [0.15, 0.2) is 0 Å². The number of pyridine rings is 1. The number of nitrogens with zero attached hydrogens (tertiary/aromatic N) is 1. The Hall–Kier alpha value is -1.76. The Morgan fingerprint density at radius 2 is 2.04 bits per heavy atom. The van der Waals surface area contributed by atoms with Crippen LogP contribution in [0.5, 0.6) is 5.75 Å². The van der Waals surface area contributed by atoms with E-state index >= 15 is 0 Å². The number of alkyl halides is 2. The van der Waals surface area contributed by atoms with Gasteiger partial charge in [-0.2, -0.15) is 0 Å². The lowest BCUT2D eigenvalue weighted by molar-refractivity contribution is 0.0246. The van der Waals surface area contributed by atoms with Gasteiger partial charge >= 0.3 is 0 Å². The topological polar surface area (TPSA) is 71.5 Å². The summed E-state index contributed by atoms with van der Waals surface area (Å²) >= 11 is 0. The molecule has 0 aromatic carbocycles. The molecule has 1 aromatic heterocycles. The van der Waals surface area contributed by atoms with Crippen LogP contribution in [0.25, 0.3) is 0 Å². The molecule has 0 spiro atoms. The summed E-state index contributed by atoms with van der Waals surface area (Å²) in [5, 5.41) is 13.2. The van der Waals surface area contributed by atoms with Gasteiger partial charge < -0.3 is 15.2 Å². The highest BCUT2D eigenvalue weighted by Crippen LogP contribution is 2.26. The van der Waals surface area contributed by atoms with Crippen molar-refractivity contribution in [1.29, 1.82) is 0 Å². The minimum absolute atomic E-state index is 0.0778. The first-order chi connectivity index (χ1) is 11.0. The van der Waals surface area contributed by atoms with E-state index in [4.69, 9.17) is 4.74 Å². The first-order valence-corrected chi connectivity index (χ1v) is 7.86. The van der Waals surface area contributed by atoms with E-state index in [1.165, 1.54) is 18.3 Å². The molecule has 1 heterocycles. The van der Waals surface area contributed by atoms with Gasteiger partial charge in [-0.05, 0) is 18.9 Å². The number of nitrogens with one attached hydrogen (secondary N) is 1. The van der Waals surface area contributed by atoms with E-state index in [-0.39, 0.29) is 18.0 Å². The molecule has 1 aromatic rings. The zero-order valence-corrected chi connectivity index (χ0v) is 12.9. The first kappa shape index (κ1) is 17.6. The van der Waals surface area contributed by atoms with E-state index in [0.717, 1.165) is 25.7 Å². The van der Waals surface area contributed by atoms with Crippen molar-refractivity contribution in [3.8, 4) is 5.75 Å². The van der Waals surface area contributed by atoms with Crippen LogP contribution in [0.2, 0.25) is 0 Å². The number of carbonyl (C=O) groups excluding carboxylic acids is 1. The number of aromatic nitrogens is 1. The van der Waals surface area contributed by atoms with Crippen LogP contribution in [0.3, 0.4) is 0 Å². The van der Waals surface area contributed by atoms with Crippen molar-refractivity contribution in [3.63, 3.8) is 0 Å². The fourth-order valence-corrected chi connectivity index (χ4v) is 2.68. The summed E-state index contributed by atoms with van der Waals surface area (Å²) in [6.07, 6.45) is 4.17. The highest BCUT2D eigenvalue weighted by Gasteiger charge is 2.28. The normalized spacial score (nSPS) is 17.6. The van der Waals surface area contributed by atoms with Crippen molar-refractivity contribution in [2.24, 2.45) is 0 Å². The van der Waals surface area contributed by atoms with E-state index in [1.54, 1.807) is 0 Å².